The van der Waals surface area contributed by atoms with Crippen LogP contribution in [0.3, 0.4) is 0 Å². The second kappa shape index (κ2) is 4.69. The molecule has 0 saturated heterocycles. The summed E-state index contributed by atoms with van der Waals surface area (Å²) in [6, 6.07) is 12.4. The van der Waals surface area contributed by atoms with E-state index in [4.69, 9.17) is 5.73 Å². The second-order valence-electron chi connectivity index (χ2n) is 5.32. The molecule has 0 amide bonds. The van der Waals surface area contributed by atoms with Gasteiger partial charge in [-0.3, -0.25) is 0 Å². The van der Waals surface area contributed by atoms with Crippen LogP contribution in [0.4, 0.5) is 11.5 Å². The molecule has 0 radical (unpaired) electrons. The predicted octanol–water partition coefficient (Wildman–Crippen LogP) is 1.27. The number of nitrogens with zero attached hydrogens (tertiary/aromatic N) is 6. The van der Waals surface area contributed by atoms with Crippen molar-refractivity contribution in [2.45, 2.75) is 25.4 Å². The second-order valence-corrected chi connectivity index (χ2v) is 5.32. The van der Waals surface area contributed by atoms with Gasteiger partial charge in [-0.25, -0.2) is 0 Å². The van der Waals surface area contributed by atoms with Crippen LogP contribution in [0.5, 0.6) is 0 Å². The average molecular weight is 281 g/mol. The van der Waals surface area contributed by atoms with Crippen LogP contribution in [-0.2, 0) is 6.54 Å². The molecule has 0 atom stereocenters. The minimum Gasteiger partial charge on any atom is -0.399 e. The summed E-state index contributed by atoms with van der Waals surface area (Å²) in [5, 5.41) is 15.9. The van der Waals surface area contributed by atoms with Gasteiger partial charge in [-0.2, -0.15) is 0 Å². The fourth-order valence-corrected chi connectivity index (χ4v) is 2.46. The maximum atomic E-state index is 5.86. The van der Waals surface area contributed by atoms with Crippen molar-refractivity contribution in [3.8, 4) is 0 Å². The van der Waals surface area contributed by atoms with Gasteiger partial charge < -0.3 is 10.6 Å². The van der Waals surface area contributed by atoms with Crippen LogP contribution in [0, 0.1) is 0 Å². The first-order valence-corrected chi connectivity index (χ1v) is 6.96. The lowest BCUT2D eigenvalue weighted by molar-refractivity contribution is 0.699. The summed E-state index contributed by atoms with van der Waals surface area (Å²) < 4.78 is 1.46. The Labute approximate surface area is 121 Å². The summed E-state index contributed by atoms with van der Waals surface area (Å²) >= 11 is 0. The number of anilines is 2. The normalized spacial score (nSPS) is 14.5. The van der Waals surface area contributed by atoms with Crippen LogP contribution >= 0.6 is 0 Å². The number of nitrogens with two attached hydrogens (primary N) is 1. The Bertz CT molecular complexity index is 778. The molecular weight excluding hydrogens is 266 g/mol. The summed E-state index contributed by atoms with van der Waals surface area (Å²) in [7, 11) is 0. The predicted molar refractivity (Wildman–Crippen MR) is 78.6 cm³/mol. The molecule has 4 rings (SSSR count). The molecule has 106 valence electrons. The zero-order chi connectivity index (χ0) is 14.2. The van der Waals surface area contributed by atoms with E-state index in [1.807, 2.05) is 30.3 Å². The van der Waals surface area contributed by atoms with Crippen LogP contribution in [0.15, 0.2) is 36.4 Å². The van der Waals surface area contributed by atoms with Crippen LogP contribution < -0.4 is 10.6 Å². The van der Waals surface area contributed by atoms with Crippen molar-refractivity contribution >= 4 is 17.2 Å². The topological polar surface area (TPSA) is 85.2 Å². The number of hydrogen-bond acceptors (Lipinski definition) is 6. The molecule has 1 aromatic carbocycles. The molecule has 21 heavy (non-hydrogen) atoms. The lowest BCUT2D eigenvalue weighted by Gasteiger charge is -2.23. The van der Waals surface area contributed by atoms with E-state index in [-0.39, 0.29) is 0 Å². The number of nitrogen functional groups attached to an aromatic ring is 1. The third-order valence-corrected chi connectivity index (χ3v) is 3.64. The first kappa shape index (κ1) is 12.1. The highest BCUT2D eigenvalue weighted by molar-refractivity contribution is 5.48. The van der Waals surface area contributed by atoms with Gasteiger partial charge in [0.15, 0.2) is 11.5 Å². The molecule has 2 heterocycles. The number of fused-ring (bicyclic) bond motifs is 1. The largest absolute Gasteiger partial charge is 0.399 e. The number of aromatic nitrogens is 5. The van der Waals surface area contributed by atoms with E-state index in [0.717, 1.165) is 18.1 Å². The van der Waals surface area contributed by atoms with E-state index in [9.17, 15) is 0 Å². The zero-order valence-corrected chi connectivity index (χ0v) is 11.4. The van der Waals surface area contributed by atoms with Gasteiger partial charge in [0.25, 0.3) is 0 Å². The first-order chi connectivity index (χ1) is 10.3. The first-order valence-electron chi connectivity index (χ1n) is 6.96. The van der Waals surface area contributed by atoms with Gasteiger partial charge >= 0.3 is 0 Å². The molecule has 2 aromatic heterocycles. The summed E-state index contributed by atoms with van der Waals surface area (Å²) in [5.74, 6) is 0.889. The number of rotatable bonds is 4. The molecule has 0 bridgehead atoms. The molecule has 7 heteroatoms. The average Bonchev–Trinajstić information content (AvgIpc) is 3.21. The SMILES string of the molecule is Nc1cccc(CN(c2ccc3nnnn3n2)C2CC2)c1. The van der Waals surface area contributed by atoms with Gasteiger partial charge in [0.1, 0.15) is 0 Å². The number of tetrazole rings is 1. The van der Waals surface area contributed by atoms with Gasteiger partial charge in [0.05, 0.1) is 0 Å². The molecule has 1 fully saturated rings. The van der Waals surface area contributed by atoms with Gasteiger partial charge in [-0.1, -0.05) is 12.1 Å². The van der Waals surface area contributed by atoms with Crippen molar-refractivity contribution in [2.24, 2.45) is 0 Å². The van der Waals surface area contributed by atoms with E-state index in [2.05, 4.69) is 31.6 Å². The molecule has 0 unspecified atom stereocenters. The van der Waals surface area contributed by atoms with Crippen molar-refractivity contribution < 1.29 is 0 Å². The monoisotopic (exact) mass is 281 g/mol. The minimum absolute atomic E-state index is 0.535. The maximum Gasteiger partial charge on any atom is 0.200 e. The van der Waals surface area contributed by atoms with Gasteiger partial charge in [-0.15, -0.1) is 14.8 Å². The van der Waals surface area contributed by atoms with Crippen LogP contribution in [-0.4, -0.2) is 31.3 Å². The number of benzene rings is 1. The third kappa shape index (κ3) is 2.37. The molecule has 7 nitrogen and oxygen atoms in total. The third-order valence-electron chi connectivity index (χ3n) is 3.64. The maximum absolute atomic E-state index is 5.86. The minimum atomic E-state index is 0.535. The van der Waals surface area contributed by atoms with E-state index in [1.165, 1.54) is 23.0 Å². The molecule has 0 aliphatic heterocycles. The Balaban J connectivity index is 1.67. The highest BCUT2D eigenvalue weighted by atomic mass is 15.6. The lowest BCUT2D eigenvalue weighted by atomic mass is 10.2. The van der Waals surface area contributed by atoms with Crippen molar-refractivity contribution in [1.82, 2.24) is 25.3 Å². The Morgan fingerprint density at radius 2 is 2.14 bits per heavy atom. The zero-order valence-electron chi connectivity index (χ0n) is 11.4. The fraction of sp³-hybridized carbons (Fsp3) is 0.286. The molecule has 2 N–H and O–H groups in total. The Morgan fingerprint density at radius 3 is 2.95 bits per heavy atom. The van der Waals surface area contributed by atoms with Gasteiger partial charge in [0.2, 0.25) is 0 Å². The highest BCUT2D eigenvalue weighted by Gasteiger charge is 2.30. The molecule has 0 spiro atoms. The summed E-state index contributed by atoms with van der Waals surface area (Å²) in [4.78, 5) is 2.29. The van der Waals surface area contributed by atoms with Crippen molar-refractivity contribution in [2.75, 3.05) is 10.6 Å². The van der Waals surface area contributed by atoms with Crippen LogP contribution in [0.1, 0.15) is 18.4 Å². The smallest absolute Gasteiger partial charge is 0.200 e. The summed E-state index contributed by atoms with van der Waals surface area (Å²) in [6.45, 7) is 0.788. The van der Waals surface area contributed by atoms with Crippen molar-refractivity contribution in [3.63, 3.8) is 0 Å². The standard InChI is InChI=1S/C14H15N7/c15-11-3-1-2-10(8-11)9-20(12-4-5-12)14-7-6-13-16-18-19-21(13)17-14/h1-3,6-8,12H,4-5,9,15H2. The summed E-state index contributed by atoms with van der Waals surface area (Å²) in [6.07, 6.45) is 2.38. The molecule has 1 aliphatic carbocycles. The Hall–Kier alpha value is -2.70. The van der Waals surface area contributed by atoms with Crippen molar-refractivity contribution in [3.05, 3.63) is 42.0 Å². The summed E-state index contributed by atoms with van der Waals surface area (Å²) in [5.41, 5.74) is 8.48. The highest BCUT2D eigenvalue weighted by Crippen LogP contribution is 2.32. The van der Waals surface area contributed by atoms with Gasteiger partial charge in [0, 0.05) is 18.3 Å². The van der Waals surface area contributed by atoms with E-state index >= 15 is 0 Å². The van der Waals surface area contributed by atoms with E-state index in [0.29, 0.717) is 11.7 Å². The number of hydrogen-bond donors (Lipinski definition) is 1. The Kier molecular flexibility index (Phi) is 2.70. The van der Waals surface area contributed by atoms with Crippen LogP contribution in [0.25, 0.3) is 5.65 Å². The van der Waals surface area contributed by atoms with E-state index < -0.39 is 0 Å². The fourth-order valence-electron chi connectivity index (χ4n) is 2.46. The van der Waals surface area contributed by atoms with Gasteiger partial charge in [-0.05, 0) is 53.1 Å². The molecule has 3 aromatic rings. The van der Waals surface area contributed by atoms with Crippen LogP contribution in [0.2, 0.25) is 0 Å². The molecule has 1 aliphatic rings. The van der Waals surface area contributed by atoms with Crippen molar-refractivity contribution in [1.29, 1.82) is 0 Å². The Morgan fingerprint density at radius 1 is 1.24 bits per heavy atom. The molecular formula is C14H15N7. The van der Waals surface area contributed by atoms with E-state index in [1.54, 1.807) is 0 Å². The lowest BCUT2D eigenvalue weighted by Crippen LogP contribution is -2.26. The molecule has 1 saturated carbocycles. The quantitative estimate of drug-likeness (QED) is 0.725.